The molecule has 0 spiro atoms. The molecule has 0 aliphatic rings. The Balaban J connectivity index is 0.00000364. The Morgan fingerprint density at radius 2 is 1.67 bits per heavy atom. The van der Waals surface area contributed by atoms with Crippen molar-refractivity contribution in [3.8, 4) is 0 Å². The van der Waals surface area contributed by atoms with Crippen LogP contribution in [0.3, 0.4) is 0 Å². The molecule has 0 unspecified atom stereocenters. The zero-order valence-electron chi connectivity index (χ0n) is 15.2. The molecule has 0 aromatic heterocycles. The van der Waals surface area contributed by atoms with Gasteiger partial charge in [-0.05, 0) is 35.4 Å². The molecular weight excluding hydrogens is 520 g/mol. The molecule has 2 rings (SSSR count). The van der Waals surface area contributed by atoms with Crippen molar-refractivity contribution < 1.29 is 8.42 Å². The predicted molar refractivity (Wildman–Crippen MR) is 123 cm³/mol. The van der Waals surface area contributed by atoms with E-state index in [1.165, 1.54) is 6.26 Å². The molecule has 27 heavy (non-hydrogen) atoms. The first kappa shape index (κ1) is 24.0. The van der Waals surface area contributed by atoms with Crippen molar-refractivity contribution in [2.75, 3.05) is 20.4 Å². The largest absolute Gasteiger partial charge is 0.352 e. The Bertz CT molecular complexity index is 903. The molecule has 2 aromatic rings. The fourth-order valence-electron chi connectivity index (χ4n) is 2.41. The van der Waals surface area contributed by atoms with Crippen LogP contribution in [0.15, 0.2) is 52.4 Å². The van der Waals surface area contributed by atoms with E-state index in [0.717, 1.165) is 11.1 Å². The monoisotopic (exact) mass is 541 g/mol. The number of nitrogens with zero attached hydrogens (tertiary/aromatic N) is 2. The van der Waals surface area contributed by atoms with E-state index in [0.29, 0.717) is 34.0 Å². The number of sulfone groups is 1. The lowest BCUT2D eigenvalue weighted by Gasteiger charge is -2.22. The van der Waals surface area contributed by atoms with Crippen LogP contribution in [0.4, 0.5) is 0 Å². The van der Waals surface area contributed by atoms with Crippen molar-refractivity contribution in [1.29, 1.82) is 0 Å². The minimum Gasteiger partial charge on any atom is -0.352 e. The summed E-state index contributed by atoms with van der Waals surface area (Å²) in [6, 6.07) is 12.3. The maximum absolute atomic E-state index is 11.5. The van der Waals surface area contributed by atoms with Gasteiger partial charge in [0.25, 0.3) is 0 Å². The summed E-state index contributed by atoms with van der Waals surface area (Å²) < 4.78 is 23.0. The van der Waals surface area contributed by atoms with Crippen molar-refractivity contribution >= 4 is 63.0 Å². The molecule has 5 nitrogen and oxygen atoms in total. The lowest BCUT2D eigenvalue weighted by molar-refractivity contribution is 0.476. The molecular formula is C18H22Cl2IN3O2S. The fourth-order valence-corrected chi connectivity index (χ4v) is 3.36. The number of benzene rings is 2. The fraction of sp³-hybridized carbons (Fsp3) is 0.278. The van der Waals surface area contributed by atoms with Crippen LogP contribution < -0.4 is 5.32 Å². The first-order valence-corrected chi connectivity index (χ1v) is 10.5. The van der Waals surface area contributed by atoms with Gasteiger partial charge in [-0.2, -0.15) is 0 Å². The van der Waals surface area contributed by atoms with Gasteiger partial charge in [-0.3, -0.25) is 4.99 Å². The van der Waals surface area contributed by atoms with E-state index in [2.05, 4.69) is 10.3 Å². The van der Waals surface area contributed by atoms with Gasteiger partial charge < -0.3 is 10.2 Å². The van der Waals surface area contributed by atoms with Crippen molar-refractivity contribution in [2.24, 2.45) is 4.99 Å². The lowest BCUT2D eigenvalue weighted by Crippen LogP contribution is -2.38. The summed E-state index contributed by atoms with van der Waals surface area (Å²) in [6.07, 6.45) is 1.19. The summed E-state index contributed by atoms with van der Waals surface area (Å²) in [5, 5.41) is 4.30. The van der Waals surface area contributed by atoms with Crippen molar-refractivity contribution in [2.45, 2.75) is 18.0 Å². The van der Waals surface area contributed by atoms with E-state index in [9.17, 15) is 8.42 Å². The van der Waals surface area contributed by atoms with Gasteiger partial charge in [-0.1, -0.05) is 41.4 Å². The molecule has 0 heterocycles. The highest BCUT2D eigenvalue weighted by atomic mass is 127. The molecule has 0 aliphatic carbocycles. The minimum atomic E-state index is -3.18. The van der Waals surface area contributed by atoms with Crippen LogP contribution in [0.1, 0.15) is 11.1 Å². The molecule has 0 aliphatic heterocycles. The van der Waals surface area contributed by atoms with Crippen LogP contribution in [-0.2, 0) is 22.9 Å². The first-order valence-electron chi connectivity index (χ1n) is 7.85. The average Bonchev–Trinajstić information content (AvgIpc) is 2.58. The number of hydrogen-bond donors (Lipinski definition) is 1. The van der Waals surface area contributed by atoms with Gasteiger partial charge in [0, 0.05) is 33.4 Å². The topological polar surface area (TPSA) is 61.8 Å². The molecule has 148 valence electrons. The number of nitrogens with one attached hydrogen (secondary N) is 1. The molecule has 0 atom stereocenters. The van der Waals surface area contributed by atoms with E-state index < -0.39 is 9.84 Å². The van der Waals surface area contributed by atoms with Crippen molar-refractivity contribution in [1.82, 2.24) is 10.2 Å². The molecule has 0 fully saturated rings. The highest BCUT2D eigenvalue weighted by Crippen LogP contribution is 2.23. The number of rotatable bonds is 5. The Morgan fingerprint density at radius 3 is 2.19 bits per heavy atom. The third kappa shape index (κ3) is 7.14. The van der Waals surface area contributed by atoms with Crippen molar-refractivity contribution in [3.63, 3.8) is 0 Å². The highest BCUT2D eigenvalue weighted by molar-refractivity contribution is 14.0. The van der Waals surface area contributed by atoms with Crippen LogP contribution in [0.5, 0.6) is 0 Å². The summed E-state index contributed by atoms with van der Waals surface area (Å²) in [6.45, 7) is 1.14. The van der Waals surface area contributed by atoms with E-state index >= 15 is 0 Å². The van der Waals surface area contributed by atoms with Gasteiger partial charge in [0.05, 0.1) is 14.9 Å². The third-order valence-corrected chi connectivity index (χ3v) is 5.65. The van der Waals surface area contributed by atoms with E-state index in [4.69, 9.17) is 23.2 Å². The maximum Gasteiger partial charge on any atom is 0.193 e. The average molecular weight is 542 g/mol. The number of guanidine groups is 1. The van der Waals surface area contributed by atoms with Crippen LogP contribution in [-0.4, -0.2) is 39.6 Å². The third-order valence-electron chi connectivity index (χ3n) is 3.78. The summed E-state index contributed by atoms with van der Waals surface area (Å²) >= 11 is 12.0. The van der Waals surface area contributed by atoms with Gasteiger partial charge >= 0.3 is 0 Å². The Labute approximate surface area is 187 Å². The number of aliphatic imine (C=N–C) groups is 1. The normalized spacial score (nSPS) is 11.7. The molecule has 0 saturated carbocycles. The molecule has 0 saturated heterocycles. The molecule has 0 amide bonds. The van der Waals surface area contributed by atoms with Crippen LogP contribution in [0.25, 0.3) is 0 Å². The minimum absolute atomic E-state index is 0. The zero-order valence-corrected chi connectivity index (χ0v) is 19.9. The lowest BCUT2D eigenvalue weighted by atomic mass is 10.2. The van der Waals surface area contributed by atoms with E-state index in [1.807, 2.05) is 24.1 Å². The maximum atomic E-state index is 11.5. The first-order chi connectivity index (χ1) is 12.2. The van der Waals surface area contributed by atoms with E-state index in [1.54, 1.807) is 37.4 Å². The zero-order chi connectivity index (χ0) is 19.3. The summed E-state index contributed by atoms with van der Waals surface area (Å²) in [7, 11) is 0.447. The standard InChI is InChI=1S/C18H21Cl2N3O2S.HI/c1-21-18(23(2)12-14-6-9-16(19)17(20)10-14)22-11-13-4-7-15(8-5-13)26(3,24)25;/h4-10H,11-12H2,1-3H3,(H,21,22);1H. The predicted octanol–water partition coefficient (Wildman–Crippen LogP) is 4.22. The molecule has 9 heteroatoms. The molecule has 0 bridgehead atoms. The Morgan fingerprint density at radius 1 is 1.07 bits per heavy atom. The van der Waals surface area contributed by atoms with E-state index in [-0.39, 0.29) is 24.0 Å². The quantitative estimate of drug-likeness (QED) is 0.350. The van der Waals surface area contributed by atoms with Crippen molar-refractivity contribution in [3.05, 3.63) is 63.6 Å². The Kier molecular flexibility index (Phi) is 9.33. The second-order valence-corrected chi connectivity index (χ2v) is 8.75. The van der Waals surface area contributed by atoms with Gasteiger partial charge in [0.1, 0.15) is 0 Å². The molecule has 1 N–H and O–H groups in total. The van der Waals surface area contributed by atoms with Gasteiger partial charge in [0.15, 0.2) is 15.8 Å². The molecule has 2 aromatic carbocycles. The van der Waals surface area contributed by atoms with Crippen LogP contribution in [0, 0.1) is 0 Å². The van der Waals surface area contributed by atoms with Gasteiger partial charge in [-0.25, -0.2) is 8.42 Å². The number of hydrogen-bond acceptors (Lipinski definition) is 3. The highest BCUT2D eigenvalue weighted by Gasteiger charge is 2.09. The summed E-state index contributed by atoms with van der Waals surface area (Å²) in [4.78, 5) is 6.54. The van der Waals surface area contributed by atoms with Gasteiger partial charge in [0.2, 0.25) is 0 Å². The van der Waals surface area contributed by atoms with Crippen LogP contribution >= 0.6 is 47.2 Å². The Hall–Kier alpha value is -1.03. The van der Waals surface area contributed by atoms with Gasteiger partial charge in [-0.15, -0.1) is 24.0 Å². The number of halogens is 3. The summed E-state index contributed by atoms with van der Waals surface area (Å²) in [5.41, 5.74) is 1.98. The SMILES string of the molecule is CN=C(NCc1ccc(S(C)(=O)=O)cc1)N(C)Cc1ccc(Cl)c(Cl)c1.I. The summed E-state index contributed by atoms with van der Waals surface area (Å²) in [5.74, 6) is 0.711. The smallest absolute Gasteiger partial charge is 0.193 e. The molecule has 0 radical (unpaired) electrons. The van der Waals surface area contributed by atoms with Crippen LogP contribution in [0.2, 0.25) is 10.0 Å². The second kappa shape index (κ2) is 10.5. The second-order valence-electron chi connectivity index (χ2n) is 5.92.